The summed E-state index contributed by atoms with van der Waals surface area (Å²) in [6, 6.07) is 7.54. The molecule has 5 nitrogen and oxygen atoms in total. The molecule has 0 saturated heterocycles. The maximum Gasteiger partial charge on any atom is 0.240 e. The number of hydrogen-bond acceptors (Lipinski definition) is 4. The summed E-state index contributed by atoms with van der Waals surface area (Å²) in [7, 11) is -3.58. The maximum atomic E-state index is 12.2. The second-order valence-electron chi connectivity index (χ2n) is 4.74. The lowest BCUT2D eigenvalue weighted by atomic mass is 10.1. The molecule has 6 heteroatoms. The number of aliphatic hydroxyl groups excluding tert-OH is 1. The molecule has 2 rings (SSSR count). The molecule has 0 bridgehead atoms. The number of benzene rings is 1. The average Bonchev–Trinajstić information content (AvgIpc) is 2.85. The van der Waals surface area contributed by atoms with Crippen LogP contribution in [0.2, 0.25) is 0 Å². The summed E-state index contributed by atoms with van der Waals surface area (Å²) in [5.41, 5.74) is 0.424. The van der Waals surface area contributed by atoms with Crippen molar-refractivity contribution in [1.29, 1.82) is 5.26 Å². The van der Waals surface area contributed by atoms with Gasteiger partial charge in [-0.25, -0.2) is 13.1 Å². The van der Waals surface area contributed by atoms with E-state index in [2.05, 4.69) is 4.72 Å². The molecule has 1 aromatic carbocycles. The number of rotatable bonds is 4. The molecule has 0 amide bonds. The van der Waals surface area contributed by atoms with Crippen LogP contribution >= 0.6 is 0 Å². The smallest absolute Gasteiger partial charge is 0.240 e. The van der Waals surface area contributed by atoms with E-state index in [1.54, 1.807) is 0 Å². The van der Waals surface area contributed by atoms with Crippen LogP contribution in [0.25, 0.3) is 0 Å². The molecule has 0 aromatic heterocycles. The number of sulfonamides is 1. The zero-order chi connectivity index (χ0) is 13.9. The number of hydrogen-bond donors (Lipinski definition) is 2. The van der Waals surface area contributed by atoms with Crippen molar-refractivity contribution in [2.45, 2.75) is 30.2 Å². The Morgan fingerprint density at radius 3 is 2.58 bits per heavy atom. The lowest BCUT2D eigenvalue weighted by Gasteiger charge is -2.18. The summed E-state index contributed by atoms with van der Waals surface area (Å²) in [5.74, 6) is -0.00634. The van der Waals surface area contributed by atoms with Crippen molar-refractivity contribution in [2.75, 3.05) is 6.61 Å². The third kappa shape index (κ3) is 3.13. The molecular formula is C13H16N2O3S. The Kier molecular flexibility index (Phi) is 4.20. The molecule has 1 saturated carbocycles. The fourth-order valence-electron chi connectivity index (χ4n) is 2.39. The Balaban J connectivity index is 2.15. The first-order valence-corrected chi connectivity index (χ1v) is 7.68. The van der Waals surface area contributed by atoms with Gasteiger partial charge >= 0.3 is 0 Å². The largest absolute Gasteiger partial charge is 0.396 e. The fourth-order valence-corrected chi connectivity index (χ4v) is 3.73. The first kappa shape index (κ1) is 14.0. The second-order valence-corrected chi connectivity index (χ2v) is 6.45. The first-order valence-electron chi connectivity index (χ1n) is 6.20. The van der Waals surface area contributed by atoms with Crippen molar-refractivity contribution in [3.63, 3.8) is 0 Å². The third-order valence-electron chi connectivity index (χ3n) is 3.49. The number of nitrogens with zero attached hydrogens (tertiary/aromatic N) is 1. The number of nitriles is 1. The highest BCUT2D eigenvalue weighted by atomic mass is 32.2. The van der Waals surface area contributed by atoms with Crippen LogP contribution in [-0.2, 0) is 10.0 Å². The van der Waals surface area contributed by atoms with E-state index >= 15 is 0 Å². The zero-order valence-electron chi connectivity index (χ0n) is 10.4. The highest BCUT2D eigenvalue weighted by Gasteiger charge is 2.30. The van der Waals surface area contributed by atoms with E-state index in [0.717, 1.165) is 19.3 Å². The summed E-state index contributed by atoms with van der Waals surface area (Å²) in [6.45, 7) is 0.000552. The molecule has 19 heavy (non-hydrogen) atoms. The quantitative estimate of drug-likeness (QED) is 0.860. The standard InChI is InChI=1S/C13H16N2O3S/c14-8-10-4-6-12(7-5-10)19(17,18)15-13-3-1-2-11(13)9-16/h4-7,11,13,15-16H,1-3,9H2/t11-,13-/m0/s1. The fraction of sp³-hybridized carbons (Fsp3) is 0.462. The van der Waals surface area contributed by atoms with Crippen molar-refractivity contribution >= 4 is 10.0 Å². The Bertz CT molecular complexity index is 575. The van der Waals surface area contributed by atoms with E-state index < -0.39 is 10.0 Å². The molecule has 1 aliphatic carbocycles. The number of nitrogens with one attached hydrogen (secondary N) is 1. The van der Waals surface area contributed by atoms with Crippen LogP contribution in [0, 0.1) is 17.2 Å². The monoisotopic (exact) mass is 280 g/mol. The van der Waals surface area contributed by atoms with Crippen molar-refractivity contribution in [3.05, 3.63) is 29.8 Å². The van der Waals surface area contributed by atoms with Crippen LogP contribution in [-0.4, -0.2) is 26.2 Å². The minimum absolute atomic E-state index is 0.000552. The van der Waals surface area contributed by atoms with Gasteiger partial charge in [0, 0.05) is 12.6 Å². The Morgan fingerprint density at radius 2 is 2.00 bits per heavy atom. The topological polar surface area (TPSA) is 90.2 Å². The van der Waals surface area contributed by atoms with Crippen molar-refractivity contribution in [1.82, 2.24) is 4.72 Å². The minimum atomic E-state index is -3.58. The summed E-state index contributed by atoms with van der Waals surface area (Å²) in [5, 5.41) is 17.9. The Hall–Kier alpha value is -1.42. The van der Waals surface area contributed by atoms with E-state index in [1.165, 1.54) is 24.3 Å². The van der Waals surface area contributed by atoms with Gasteiger partial charge in [0.1, 0.15) is 0 Å². The molecule has 1 fully saturated rings. The molecule has 0 heterocycles. The van der Waals surface area contributed by atoms with Crippen LogP contribution in [0.15, 0.2) is 29.2 Å². The summed E-state index contributed by atoms with van der Waals surface area (Å²) >= 11 is 0. The highest BCUT2D eigenvalue weighted by Crippen LogP contribution is 2.26. The second kappa shape index (κ2) is 5.70. The Morgan fingerprint density at radius 1 is 1.32 bits per heavy atom. The minimum Gasteiger partial charge on any atom is -0.396 e. The van der Waals surface area contributed by atoms with Gasteiger partial charge < -0.3 is 5.11 Å². The highest BCUT2D eigenvalue weighted by molar-refractivity contribution is 7.89. The molecule has 1 aromatic rings. The van der Waals surface area contributed by atoms with Gasteiger partial charge in [-0.05, 0) is 43.0 Å². The van der Waals surface area contributed by atoms with Gasteiger partial charge in [0.2, 0.25) is 10.0 Å². The molecular weight excluding hydrogens is 264 g/mol. The zero-order valence-corrected chi connectivity index (χ0v) is 11.2. The van der Waals surface area contributed by atoms with Gasteiger partial charge in [-0.3, -0.25) is 0 Å². The van der Waals surface area contributed by atoms with Gasteiger partial charge in [-0.2, -0.15) is 5.26 Å². The summed E-state index contributed by atoms with van der Waals surface area (Å²) < 4.78 is 27.0. The van der Waals surface area contributed by atoms with Crippen LogP contribution in [0.5, 0.6) is 0 Å². The van der Waals surface area contributed by atoms with Crippen molar-refractivity contribution in [2.24, 2.45) is 5.92 Å². The normalized spacial score (nSPS) is 23.2. The average molecular weight is 280 g/mol. The van der Waals surface area contributed by atoms with E-state index in [4.69, 9.17) is 5.26 Å². The summed E-state index contributed by atoms with van der Waals surface area (Å²) in [4.78, 5) is 0.148. The predicted molar refractivity (Wildman–Crippen MR) is 69.7 cm³/mol. The Labute approximate surface area is 112 Å². The van der Waals surface area contributed by atoms with Crippen molar-refractivity contribution in [3.8, 4) is 6.07 Å². The van der Waals surface area contributed by atoms with E-state index in [0.29, 0.717) is 5.56 Å². The van der Waals surface area contributed by atoms with Crippen molar-refractivity contribution < 1.29 is 13.5 Å². The number of aliphatic hydroxyl groups is 1. The van der Waals surface area contributed by atoms with E-state index in [9.17, 15) is 13.5 Å². The van der Waals surface area contributed by atoms with Crippen LogP contribution in [0.3, 0.4) is 0 Å². The molecule has 0 radical (unpaired) electrons. The van der Waals surface area contributed by atoms with Gasteiger partial charge in [-0.1, -0.05) is 6.42 Å². The van der Waals surface area contributed by atoms with Crippen LogP contribution in [0.1, 0.15) is 24.8 Å². The van der Waals surface area contributed by atoms with Gasteiger partial charge in [0.15, 0.2) is 0 Å². The van der Waals surface area contributed by atoms with Crippen LogP contribution < -0.4 is 4.72 Å². The molecule has 0 aliphatic heterocycles. The van der Waals surface area contributed by atoms with Gasteiger partial charge in [0.05, 0.1) is 16.5 Å². The molecule has 1 aliphatic rings. The molecule has 0 spiro atoms. The maximum absolute atomic E-state index is 12.2. The van der Waals surface area contributed by atoms with Crippen LogP contribution in [0.4, 0.5) is 0 Å². The molecule has 2 N–H and O–H groups in total. The first-order chi connectivity index (χ1) is 9.06. The third-order valence-corrected chi connectivity index (χ3v) is 5.00. The van der Waals surface area contributed by atoms with Gasteiger partial charge in [0.25, 0.3) is 0 Å². The van der Waals surface area contributed by atoms with Gasteiger partial charge in [-0.15, -0.1) is 0 Å². The predicted octanol–water partition coefficient (Wildman–Crippen LogP) is 0.998. The van der Waals surface area contributed by atoms with E-state index in [-0.39, 0.29) is 23.5 Å². The SMILES string of the molecule is N#Cc1ccc(S(=O)(=O)N[C@H]2CCC[C@H]2CO)cc1. The molecule has 2 atom stereocenters. The molecule has 0 unspecified atom stereocenters. The van der Waals surface area contributed by atoms with E-state index in [1.807, 2.05) is 6.07 Å². The summed E-state index contributed by atoms with van der Waals surface area (Å²) in [6.07, 6.45) is 2.52. The lowest BCUT2D eigenvalue weighted by Crippen LogP contribution is -2.38. The molecule has 102 valence electrons. The lowest BCUT2D eigenvalue weighted by molar-refractivity contribution is 0.213.